The molecule has 1 saturated heterocycles. The van der Waals surface area contributed by atoms with Gasteiger partial charge in [0.15, 0.2) is 0 Å². The minimum Gasteiger partial charge on any atom is -0.493 e. The van der Waals surface area contributed by atoms with Gasteiger partial charge >= 0.3 is 0 Å². The summed E-state index contributed by atoms with van der Waals surface area (Å²) >= 11 is 0. The average Bonchev–Trinajstić information content (AvgIpc) is 3.41. The fraction of sp³-hybridized carbons (Fsp3) is 0.184. The number of carbonyl (C=O) groups excluding carboxylic acids is 1. The summed E-state index contributed by atoms with van der Waals surface area (Å²) in [7, 11) is 0. The van der Waals surface area contributed by atoms with E-state index in [1.165, 1.54) is 5.69 Å². The number of benzene rings is 3. The molecule has 0 bridgehead atoms. The molecule has 9 heteroatoms. The molecular weight excluding hydrogens is 588 g/mol. The van der Waals surface area contributed by atoms with Gasteiger partial charge in [-0.25, -0.2) is 0 Å². The Morgan fingerprint density at radius 1 is 0.787 bits per heavy atom. The number of ether oxygens (including phenoxy) is 2. The highest BCUT2D eigenvalue weighted by atomic mass is 16.5. The van der Waals surface area contributed by atoms with E-state index in [9.17, 15) is 4.79 Å². The number of hydrogen-bond donors (Lipinski definition) is 2. The number of nitrogens with one attached hydrogen (secondary N) is 2. The number of pyridine rings is 2. The summed E-state index contributed by atoms with van der Waals surface area (Å²) in [5.74, 6) is 0.698. The van der Waals surface area contributed by atoms with Crippen molar-refractivity contribution in [1.29, 1.82) is 0 Å². The highest BCUT2D eigenvalue weighted by Crippen LogP contribution is 2.37. The van der Waals surface area contributed by atoms with Crippen molar-refractivity contribution in [2.75, 3.05) is 48.4 Å². The normalized spacial score (nSPS) is 14.1. The van der Waals surface area contributed by atoms with Crippen LogP contribution in [0.1, 0.15) is 21.5 Å². The van der Waals surface area contributed by atoms with Gasteiger partial charge in [-0.3, -0.25) is 14.8 Å². The molecule has 0 atom stereocenters. The second kappa shape index (κ2) is 12.6. The summed E-state index contributed by atoms with van der Waals surface area (Å²) in [6.07, 6.45) is 10.2. The van der Waals surface area contributed by atoms with Crippen LogP contribution in [0.15, 0.2) is 110 Å². The van der Waals surface area contributed by atoms with Crippen molar-refractivity contribution < 1.29 is 14.3 Å². The fourth-order valence-electron chi connectivity index (χ4n) is 6.36. The lowest BCUT2D eigenvalue weighted by atomic mass is 10.0. The number of anilines is 4. The van der Waals surface area contributed by atoms with Crippen molar-refractivity contribution in [2.45, 2.75) is 13.0 Å². The summed E-state index contributed by atoms with van der Waals surface area (Å²) in [5, 5.41) is 7.74. The topological polar surface area (TPSA) is 93.5 Å². The fourth-order valence-corrected chi connectivity index (χ4v) is 6.36. The third-order valence-corrected chi connectivity index (χ3v) is 8.81. The Bertz CT molecular complexity index is 2050. The monoisotopic (exact) mass is 622 g/mol. The van der Waals surface area contributed by atoms with E-state index in [1.54, 1.807) is 6.20 Å². The summed E-state index contributed by atoms with van der Waals surface area (Å²) in [4.78, 5) is 24.4. The molecule has 2 aliphatic rings. The number of amides is 1. The Morgan fingerprint density at radius 3 is 2.51 bits per heavy atom. The molecule has 5 heterocycles. The molecule has 0 aliphatic carbocycles. The summed E-state index contributed by atoms with van der Waals surface area (Å²) in [5.41, 5.74) is 9.46. The van der Waals surface area contributed by atoms with Crippen LogP contribution in [0, 0.1) is 0 Å². The Hall–Kier alpha value is -5.67. The number of rotatable bonds is 8. The van der Waals surface area contributed by atoms with Crippen LogP contribution in [-0.4, -0.2) is 53.4 Å². The van der Waals surface area contributed by atoms with E-state index in [0.29, 0.717) is 25.1 Å². The quantitative estimate of drug-likeness (QED) is 0.191. The van der Waals surface area contributed by atoms with Gasteiger partial charge in [0, 0.05) is 67.5 Å². The lowest BCUT2D eigenvalue weighted by molar-refractivity contribution is 0.102. The maximum absolute atomic E-state index is 13.4. The van der Waals surface area contributed by atoms with Gasteiger partial charge in [0.05, 0.1) is 54.2 Å². The Labute approximate surface area is 272 Å². The molecule has 6 aromatic rings. The first-order valence-electron chi connectivity index (χ1n) is 15.9. The molecule has 234 valence electrons. The van der Waals surface area contributed by atoms with E-state index < -0.39 is 0 Å². The van der Waals surface area contributed by atoms with E-state index >= 15 is 0 Å². The number of carbonyl (C=O) groups is 1. The first-order chi connectivity index (χ1) is 23.2. The minimum absolute atomic E-state index is 0.144. The van der Waals surface area contributed by atoms with Crippen LogP contribution in [-0.2, 0) is 17.7 Å². The smallest absolute Gasteiger partial charge is 0.257 e. The van der Waals surface area contributed by atoms with E-state index in [4.69, 9.17) is 9.47 Å². The second-order valence-electron chi connectivity index (χ2n) is 11.8. The molecule has 3 aromatic heterocycles. The van der Waals surface area contributed by atoms with Gasteiger partial charge in [-0.05, 0) is 77.4 Å². The lowest BCUT2D eigenvalue weighted by Gasteiger charge is -2.28. The van der Waals surface area contributed by atoms with E-state index in [-0.39, 0.29) is 5.91 Å². The lowest BCUT2D eigenvalue weighted by Crippen LogP contribution is -2.36. The molecule has 0 radical (unpaired) electrons. The van der Waals surface area contributed by atoms with Crippen LogP contribution in [0.3, 0.4) is 0 Å². The van der Waals surface area contributed by atoms with E-state index in [2.05, 4.69) is 66.6 Å². The molecular formula is C38H34N6O3. The van der Waals surface area contributed by atoms with Crippen molar-refractivity contribution in [2.24, 2.45) is 0 Å². The number of morpholine rings is 1. The summed E-state index contributed by atoms with van der Waals surface area (Å²) in [6, 6.07) is 26.4. The standard InChI is InChI=1S/C38H34N6O3/c45-38-32-9-4-28(33-25-44(24-27-2-1-13-39-22-27)37-23-40-14-11-31(33)37)21-35(32)41-34-10-3-26(20-36(34)42-38)12-17-47-30-7-5-29(6-8-30)43-15-18-46-19-16-43/h1-11,13-14,20-23,25,41H,12,15-19,24H2,(H,42,45). The Balaban J connectivity index is 0.985. The Kier molecular flexibility index (Phi) is 7.72. The Morgan fingerprint density at radius 2 is 1.66 bits per heavy atom. The molecule has 8 rings (SSSR count). The molecule has 47 heavy (non-hydrogen) atoms. The van der Waals surface area contributed by atoms with Crippen LogP contribution in [0.5, 0.6) is 5.75 Å². The molecule has 2 aliphatic heterocycles. The molecule has 9 nitrogen and oxygen atoms in total. The van der Waals surface area contributed by atoms with Gasteiger partial charge in [-0.1, -0.05) is 18.2 Å². The summed E-state index contributed by atoms with van der Waals surface area (Å²) in [6.45, 7) is 4.56. The first-order valence-corrected chi connectivity index (χ1v) is 15.9. The molecule has 0 spiro atoms. The van der Waals surface area contributed by atoms with Crippen LogP contribution in [0.4, 0.5) is 22.7 Å². The number of fused-ring (bicyclic) bond motifs is 3. The zero-order valence-electron chi connectivity index (χ0n) is 25.9. The van der Waals surface area contributed by atoms with Crippen molar-refractivity contribution in [3.05, 3.63) is 127 Å². The third kappa shape index (κ3) is 6.01. The van der Waals surface area contributed by atoms with E-state index in [1.807, 2.05) is 67.1 Å². The first kappa shape index (κ1) is 28.8. The minimum atomic E-state index is -0.144. The third-order valence-electron chi connectivity index (χ3n) is 8.81. The second-order valence-corrected chi connectivity index (χ2v) is 11.8. The van der Waals surface area contributed by atoms with E-state index in [0.717, 1.165) is 82.3 Å². The maximum Gasteiger partial charge on any atom is 0.257 e. The molecule has 1 amide bonds. The zero-order chi connectivity index (χ0) is 31.6. The van der Waals surface area contributed by atoms with Gasteiger partial charge in [0.25, 0.3) is 5.91 Å². The van der Waals surface area contributed by atoms with Crippen LogP contribution < -0.4 is 20.3 Å². The predicted octanol–water partition coefficient (Wildman–Crippen LogP) is 6.91. The van der Waals surface area contributed by atoms with Crippen LogP contribution in [0.2, 0.25) is 0 Å². The van der Waals surface area contributed by atoms with Gasteiger partial charge in [-0.2, -0.15) is 0 Å². The van der Waals surface area contributed by atoms with Gasteiger partial charge < -0.3 is 29.6 Å². The van der Waals surface area contributed by atoms with Crippen molar-refractivity contribution in [1.82, 2.24) is 14.5 Å². The number of hydrogen-bond acceptors (Lipinski definition) is 7. The SMILES string of the molecule is O=C1Nc2cc(CCOc3ccc(N4CCOCC4)cc3)ccc2Nc2cc(-c3cn(Cc4cccnc4)c4cnccc34)ccc21. The molecule has 0 unspecified atom stereocenters. The van der Waals surface area contributed by atoms with Crippen LogP contribution in [0.25, 0.3) is 22.0 Å². The predicted molar refractivity (Wildman–Crippen MR) is 185 cm³/mol. The highest BCUT2D eigenvalue weighted by Gasteiger charge is 2.21. The van der Waals surface area contributed by atoms with Gasteiger partial charge in [-0.15, -0.1) is 0 Å². The maximum atomic E-state index is 13.4. The highest BCUT2D eigenvalue weighted by molar-refractivity contribution is 6.13. The summed E-state index contributed by atoms with van der Waals surface area (Å²) < 4.78 is 13.7. The average molecular weight is 623 g/mol. The zero-order valence-corrected chi connectivity index (χ0v) is 25.9. The van der Waals surface area contributed by atoms with Gasteiger partial charge in [0.2, 0.25) is 0 Å². The molecule has 1 fully saturated rings. The van der Waals surface area contributed by atoms with Crippen molar-refractivity contribution in [3.63, 3.8) is 0 Å². The number of nitrogens with zero attached hydrogens (tertiary/aromatic N) is 4. The number of aromatic nitrogens is 3. The van der Waals surface area contributed by atoms with Crippen LogP contribution >= 0.6 is 0 Å². The van der Waals surface area contributed by atoms with Gasteiger partial charge in [0.1, 0.15) is 5.75 Å². The molecule has 2 N–H and O–H groups in total. The van der Waals surface area contributed by atoms with Crippen molar-refractivity contribution in [3.8, 4) is 16.9 Å². The molecule has 0 saturated carbocycles. The van der Waals surface area contributed by atoms with Crippen molar-refractivity contribution >= 4 is 39.6 Å². The largest absolute Gasteiger partial charge is 0.493 e. The molecule has 3 aromatic carbocycles.